The van der Waals surface area contributed by atoms with Crippen molar-refractivity contribution in [2.24, 2.45) is 0 Å². The molecule has 4 heteroatoms. The van der Waals surface area contributed by atoms with Crippen molar-refractivity contribution < 1.29 is 8.42 Å². The second kappa shape index (κ2) is 7.95. The molecule has 0 heterocycles. The van der Waals surface area contributed by atoms with Crippen LogP contribution in [0.2, 0.25) is 0 Å². The van der Waals surface area contributed by atoms with Gasteiger partial charge in [-0.1, -0.05) is 30.7 Å². The molecule has 0 amide bonds. The third-order valence-corrected chi connectivity index (χ3v) is 4.27. The highest BCUT2D eigenvalue weighted by atomic mass is 32.2. The van der Waals surface area contributed by atoms with Gasteiger partial charge in [0, 0.05) is 6.54 Å². The van der Waals surface area contributed by atoms with Crippen LogP contribution < -0.4 is 4.72 Å². The van der Waals surface area contributed by atoms with Gasteiger partial charge in [0.15, 0.2) is 0 Å². The van der Waals surface area contributed by atoms with Crippen LogP contribution in [0.5, 0.6) is 0 Å². The lowest BCUT2D eigenvalue weighted by molar-refractivity contribution is 0.574. The average Bonchev–Trinajstić information content (AvgIpc) is 2.38. The summed E-state index contributed by atoms with van der Waals surface area (Å²) in [5, 5.41) is 0. The summed E-state index contributed by atoms with van der Waals surface area (Å²) in [5.74, 6) is 0. The second-order valence-electron chi connectivity index (χ2n) is 4.47. The van der Waals surface area contributed by atoms with E-state index in [4.69, 9.17) is 0 Å². The van der Waals surface area contributed by atoms with Gasteiger partial charge in [-0.15, -0.1) is 5.73 Å². The number of allylic oxidation sites excluding steroid dienone is 1. The molecule has 104 valence electrons. The van der Waals surface area contributed by atoms with Crippen LogP contribution >= 0.6 is 0 Å². The van der Waals surface area contributed by atoms with Crippen LogP contribution in [-0.4, -0.2) is 15.0 Å². The van der Waals surface area contributed by atoms with Crippen molar-refractivity contribution in [1.82, 2.24) is 4.72 Å². The van der Waals surface area contributed by atoms with E-state index in [1.165, 1.54) is 0 Å². The minimum absolute atomic E-state index is 0.327. The number of hydrogen-bond donors (Lipinski definition) is 1. The number of hydrogen-bond acceptors (Lipinski definition) is 2. The molecule has 0 fully saturated rings. The van der Waals surface area contributed by atoms with Gasteiger partial charge in [0.1, 0.15) is 0 Å². The lowest BCUT2D eigenvalue weighted by Crippen LogP contribution is -2.24. The van der Waals surface area contributed by atoms with Crippen molar-refractivity contribution in [2.75, 3.05) is 6.54 Å². The molecule has 0 atom stereocenters. The van der Waals surface area contributed by atoms with Crippen LogP contribution in [0.25, 0.3) is 0 Å². The Morgan fingerprint density at radius 1 is 1.21 bits per heavy atom. The summed E-state index contributed by atoms with van der Waals surface area (Å²) in [4.78, 5) is 0.327. The fourth-order valence-corrected chi connectivity index (χ4v) is 2.73. The first-order valence-corrected chi connectivity index (χ1v) is 7.95. The summed E-state index contributed by atoms with van der Waals surface area (Å²) in [6.07, 6.45) is 5.73. The molecule has 0 bridgehead atoms. The number of sulfonamides is 1. The molecular formula is C15H21NO2S. The highest BCUT2D eigenvalue weighted by molar-refractivity contribution is 7.89. The standard InChI is InChI=1S/C15H21NO2S/c1-3-4-5-6-7-8-13-16-19(17,18)15-11-9-14(2)10-12-15/h4,9-12,16H,1,5-8,13H2,2H3. The Balaban J connectivity index is 2.35. The lowest BCUT2D eigenvalue weighted by atomic mass is 10.2. The SMILES string of the molecule is C=C=CCCCCCNS(=O)(=O)c1ccc(C)cc1. The fraction of sp³-hybridized carbons (Fsp3) is 0.400. The van der Waals surface area contributed by atoms with Gasteiger partial charge in [-0.25, -0.2) is 13.1 Å². The molecule has 0 aromatic heterocycles. The molecule has 0 radical (unpaired) electrons. The summed E-state index contributed by atoms with van der Waals surface area (Å²) < 4.78 is 26.5. The Labute approximate surface area is 116 Å². The van der Waals surface area contributed by atoms with E-state index < -0.39 is 10.0 Å². The number of unbranched alkanes of at least 4 members (excludes halogenated alkanes) is 3. The molecule has 0 saturated heterocycles. The third kappa shape index (κ3) is 5.88. The Kier molecular flexibility index (Phi) is 6.57. The zero-order valence-electron chi connectivity index (χ0n) is 11.4. The van der Waals surface area contributed by atoms with Crippen LogP contribution in [0.4, 0.5) is 0 Å². The van der Waals surface area contributed by atoms with E-state index in [2.05, 4.69) is 17.0 Å². The zero-order chi connectivity index (χ0) is 14.1. The van der Waals surface area contributed by atoms with Crippen molar-refractivity contribution in [3.63, 3.8) is 0 Å². The topological polar surface area (TPSA) is 46.2 Å². The molecule has 0 unspecified atom stereocenters. The molecule has 1 N–H and O–H groups in total. The van der Waals surface area contributed by atoms with Gasteiger partial charge in [-0.3, -0.25) is 0 Å². The molecular weight excluding hydrogens is 258 g/mol. The van der Waals surface area contributed by atoms with E-state index in [1.807, 2.05) is 13.0 Å². The average molecular weight is 279 g/mol. The first kappa shape index (κ1) is 15.7. The molecule has 0 spiro atoms. The minimum atomic E-state index is -3.35. The maximum Gasteiger partial charge on any atom is 0.240 e. The number of benzene rings is 1. The van der Waals surface area contributed by atoms with Crippen LogP contribution in [0, 0.1) is 6.92 Å². The van der Waals surface area contributed by atoms with E-state index in [0.29, 0.717) is 11.4 Å². The Morgan fingerprint density at radius 3 is 2.53 bits per heavy atom. The molecule has 3 nitrogen and oxygen atoms in total. The predicted octanol–water partition coefficient (Wildman–Crippen LogP) is 3.17. The van der Waals surface area contributed by atoms with Crippen molar-refractivity contribution in [1.29, 1.82) is 0 Å². The predicted molar refractivity (Wildman–Crippen MR) is 78.5 cm³/mol. The van der Waals surface area contributed by atoms with Gasteiger partial charge < -0.3 is 0 Å². The molecule has 0 aliphatic heterocycles. The first-order chi connectivity index (χ1) is 9.06. The van der Waals surface area contributed by atoms with E-state index in [1.54, 1.807) is 24.3 Å². The maximum absolute atomic E-state index is 11.9. The Morgan fingerprint density at radius 2 is 1.89 bits per heavy atom. The number of aryl methyl sites for hydroxylation is 1. The Bertz CT molecular complexity index is 526. The van der Waals surface area contributed by atoms with Gasteiger partial charge in [-0.05, 0) is 44.4 Å². The summed E-state index contributed by atoms with van der Waals surface area (Å²) in [7, 11) is -3.35. The summed E-state index contributed by atoms with van der Waals surface area (Å²) in [6, 6.07) is 6.87. The molecule has 1 aromatic rings. The van der Waals surface area contributed by atoms with Crippen LogP contribution in [0.3, 0.4) is 0 Å². The largest absolute Gasteiger partial charge is 0.240 e. The molecule has 1 rings (SSSR count). The van der Waals surface area contributed by atoms with E-state index >= 15 is 0 Å². The van der Waals surface area contributed by atoms with E-state index in [0.717, 1.165) is 31.2 Å². The lowest BCUT2D eigenvalue weighted by Gasteiger charge is -2.06. The second-order valence-corrected chi connectivity index (χ2v) is 6.24. The molecule has 19 heavy (non-hydrogen) atoms. The number of nitrogens with one attached hydrogen (secondary N) is 1. The van der Waals surface area contributed by atoms with Crippen LogP contribution in [0.15, 0.2) is 47.5 Å². The van der Waals surface area contributed by atoms with E-state index in [-0.39, 0.29) is 0 Å². The normalized spacial score (nSPS) is 11.0. The van der Waals surface area contributed by atoms with Crippen molar-refractivity contribution in [2.45, 2.75) is 37.5 Å². The fourth-order valence-electron chi connectivity index (χ4n) is 1.66. The molecule has 1 aromatic carbocycles. The van der Waals surface area contributed by atoms with Gasteiger partial charge in [0.2, 0.25) is 10.0 Å². The zero-order valence-corrected chi connectivity index (χ0v) is 12.2. The van der Waals surface area contributed by atoms with Crippen molar-refractivity contribution in [3.05, 3.63) is 48.2 Å². The van der Waals surface area contributed by atoms with Crippen molar-refractivity contribution >= 4 is 10.0 Å². The summed E-state index contributed by atoms with van der Waals surface area (Å²) in [6.45, 7) is 5.91. The summed E-state index contributed by atoms with van der Waals surface area (Å²) >= 11 is 0. The highest BCUT2D eigenvalue weighted by Crippen LogP contribution is 2.10. The van der Waals surface area contributed by atoms with Gasteiger partial charge >= 0.3 is 0 Å². The quantitative estimate of drug-likeness (QED) is 0.587. The van der Waals surface area contributed by atoms with Gasteiger partial charge in [-0.2, -0.15) is 0 Å². The van der Waals surface area contributed by atoms with Crippen LogP contribution in [-0.2, 0) is 10.0 Å². The molecule has 0 aliphatic rings. The first-order valence-electron chi connectivity index (χ1n) is 6.47. The smallest absolute Gasteiger partial charge is 0.211 e. The third-order valence-electron chi connectivity index (χ3n) is 2.79. The van der Waals surface area contributed by atoms with Crippen LogP contribution in [0.1, 0.15) is 31.2 Å². The highest BCUT2D eigenvalue weighted by Gasteiger charge is 2.12. The van der Waals surface area contributed by atoms with Gasteiger partial charge in [0.05, 0.1) is 4.90 Å². The maximum atomic E-state index is 11.9. The summed E-state index contributed by atoms with van der Waals surface area (Å²) in [5.41, 5.74) is 3.77. The Hall–Kier alpha value is -1.35. The molecule has 0 saturated carbocycles. The van der Waals surface area contributed by atoms with Gasteiger partial charge in [0.25, 0.3) is 0 Å². The molecule has 0 aliphatic carbocycles. The minimum Gasteiger partial charge on any atom is -0.211 e. The van der Waals surface area contributed by atoms with E-state index in [9.17, 15) is 8.42 Å². The van der Waals surface area contributed by atoms with Crippen molar-refractivity contribution in [3.8, 4) is 0 Å². The monoisotopic (exact) mass is 279 g/mol. The number of rotatable bonds is 8.